The molecule has 1 aliphatic heterocycles. The van der Waals surface area contributed by atoms with Crippen molar-refractivity contribution < 1.29 is 9.18 Å². The van der Waals surface area contributed by atoms with Crippen LogP contribution in [0.25, 0.3) is 0 Å². The number of carbonyl (C=O) groups is 1. The van der Waals surface area contributed by atoms with E-state index in [9.17, 15) is 9.18 Å². The monoisotopic (exact) mass is 328 g/mol. The Balaban J connectivity index is 1.59. The highest BCUT2D eigenvalue weighted by Crippen LogP contribution is 2.19. The Bertz CT molecular complexity index is 724. The number of benzene rings is 1. The number of aromatic nitrogens is 2. The van der Waals surface area contributed by atoms with Gasteiger partial charge in [-0.2, -0.15) is 5.10 Å². The molecule has 0 bridgehead atoms. The molecule has 3 rings (SSSR count). The van der Waals surface area contributed by atoms with Gasteiger partial charge < -0.3 is 10.2 Å². The number of anilines is 1. The number of hydrogen-bond acceptors (Lipinski definition) is 4. The molecule has 1 aromatic carbocycles. The van der Waals surface area contributed by atoms with E-state index in [2.05, 4.69) is 15.5 Å². The number of amides is 1. The zero-order chi connectivity index (χ0) is 17.1. The second-order valence-corrected chi connectivity index (χ2v) is 6.23. The van der Waals surface area contributed by atoms with Gasteiger partial charge in [0.1, 0.15) is 11.6 Å². The smallest absolute Gasteiger partial charge is 0.254 e. The van der Waals surface area contributed by atoms with Crippen LogP contribution in [0.4, 0.5) is 10.2 Å². The molecule has 0 saturated carbocycles. The molecule has 0 unspecified atom stereocenters. The summed E-state index contributed by atoms with van der Waals surface area (Å²) in [5.41, 5.74) is 2.13. The highest BCUT2D eigenvalue weighted by atomic mass is 19.1. The third kappa shape index (κ3) is 3.69. The van der Waals surface area contributed by atoms with Gasteiger partial charge in [0.05, 0.1) is 5.69 Å². The van der Waals surface area contributed by atoms with Crippen LogP contribution in [-0.4, -0.2) is 40.1 Å². The van der Waals surface area contributed by atoms with Crippen molar-refractivity contribution in [3.63, 3.8) is 0 Å². The lowest BCUT2D eigenvalue weighted by atomic mass is 10.0. The summed E-state index contributed by atoms with van der Waals surface area (Å²) in [5.74, 6) is 0.283. The number of nitrogens with one attached hydrogen (secondary N) is 1. The average molecular weight is 328 g/mol. The molecular weight excluding hydrogens is 307 g/mol. The van der Waals surface area contributed by atoms with E-state index in [1.54, 1.807) is 11.0 Å². The maximum absolute atomic E-state index is 13.4. The molecule has 1 fully saturated rings. The molecule has 0 radical (unpaired) electrons. The van der Waals surface area contributed by atoms with E-state index in [0.717, 1.165) is 29.9 Å². The van der Waals surface area contributed by atoms with Gasteiger partial charge in [0, 0.05) is 24.7 Å². The van der Waals surface area contributed by atoms with E-state index in [-0.39, 0.29) is 17.8 Å². The first kappa shape index (κ1) is 16.4. The second-order valence-electron chi connectivity index (χ2n) is 6.23. The normalized spacial score (nSPS) is 15.4. The zero-order valence-corrected chi connectivity index (χ0v) is 13.9. The van der Waals surface area contributed by atoms with E-state index in [1.807, 2.05) is 26.0 Å². The summed E-state index contributed by atoms with van der Waals surface area (Å²) in [6, 6.07) is 8.44. The summed E-state index contributed by atoms with van der Waals surface area (Å²) in [6.07, 6.45) is 1.66. The molecule has 126 valence electrons. The van der Waals surface area contributed by atoms with Gasteiger partial charge in [-0.1, -0.05) is 6.07 Å². The van der Waals surface area contributed by atoms with Crippen LogP contribution in [0.2, 0.25) is 0 Å². The molecule has 0 aliphatic carbocycles. The summed E-state index contributed by atoms with van der Waals surface area (Å²) in [7, 11) is 0. The summed E-state index contributed by atoms with van der Waals surface area (Å²) < 4.78 is 13.4. The Hall–Kier alpha value is -2.50. The number of carbonyl (C=O) groups excluding carboxylic acids is 1. The van der Waals surface area contributed by atoms with Gasteiger partial charge in [-0.25, -0.2) is 4.39 Å². The van der Waals surface area contributed by atoms with Crippen LogP contribution in [0.5, 0.6) is 0 Å². The molecule has 0 spiro atoms. The van der Waals surface area contributed by atoms with Crippen molar-refractivity contribution in [2.24, 2.45) is 0 Å². The number of aryl methyl sites for hydroxylation is 2. The second kappa shape index (κ2) is 6.95. The van der Waals surface area contributed by atoms with Gasteiger partial charge in [-0.05, 0) is 56.5 Å². The highest BCUT2D eigenvalue weighted by Gasteiger charge is 2.24. The summed E-state index contributed by atoms with van der Waals surface area (Å²) in [6.45, 7) is 5.02. The van der Waals surface area contributed by atoms with Crippen molar-refractivity contribution in [3.8, 4) is 0 Å². The highest BCUT2D eigenvalue weighted by molar-refractivity contribution is 5.95. The molecule has 1 aromatic heterocycles. The lowest BCUT2D eigenvalue weighted by Gasteiger charge is -2.33. The minimum Gasteiger partial charge on any atom is -0.366 e. The van der Waals surface area contributed by atoms with Gasteiger partial charge in [0.2, 0.25) is 0 Å². The first-order chi connectivity index (χ1) is 11.5. The van der Waals surface area contributed by atoms with Crippen molar-refractivity contribution in [1.82, 2.24) is 15.1 Å². The van der Waals surface area contributed by atoms with Crippen molar-refractivity contribution in [3.05, 3.63) is 53.0 Å². The summed E-state index contributed by atoms with van der Waals surface area (Å²) >= 11 is 0. The van der Waals surface area contributed by atoms with Gasteiger partial charge >= 0.3 is 0 Å². The first-order valence-electron chi connectivity index (χ1n) is 8.15. The van der Waals surface area contributed by atoms with Crippen LogP contribution in [0.15, 0.2) is 30.3 Å². The minimum atomic E-state index is -0.376. The number of piperidine rings is 1. The van der Waals surface area contributed by atoms with Crippen molar-refractivity contribution in [1.29, 1.82) is 0 Å². The third-order valence-corrected chi connectivity index (χ3v) is 4.36. The number of rotatable bonds is 3. The largest absolute Gasteiger partial charge is 0.366 e. The third-order valence-electron chi connectivity index (χ3n) is 4.36. The number of halogens is 1. The SMILES string of the molecule is Cc1ccc(NC2CCN(C(=O)c3cc(F)ccc3C)CC2)nn1. The van der Waals surface area contributed by atoms with Crippen molar-refractivity contribution >= 4 is 11.7 Å². The molecule has 1 aliphatic rings. The predicted octanol–water partition coefficient (Wildman–Crippen LogP) is 2.95. The number of hydrogen-bond donors (Lipinski definition) is 1. The lowest BCUT2D eigenvalue weighted by Crippen LogP contribution is -2.42. The molecule has 1 amide bonds. The molecule has 2 heterocycles. The van der Waals surface area contributed by atoms with Crippen molar-refractivity contribution in [2.45, 2.75) is 32.7 Å². The van der Waals surface area contributed by atoms with Crippen LogP contribution < -0.4 is 5.32 Å². The Morgan fingerprint density at radius 2 is 1.92 bits per heavy atom. The first-order valence-corrected chi connectivity index (χ1v) is 8.15. The topological polar surface area (TPSA) is 58.1 Å². The van der Waals surface area contributed by atoms with Gasteiger partial charge in [0.15, 0.2) is 0 Å². The maximum Gasteiger partial charge on any atom is 0.254 e. The molecule has 1 saturated heterocycles. The van der Waals surface area contributed by atoms with E-state index in [0.29, 0.717) is 18.7 Å². The molecule has 0 atom stereocenters. The minimum absolute atomic E-state index is 0.0967. The predicted molar refractivity (Wildman–Crippen MR) is 90.5 cm³/mol. The molecule has 6 heteroatoms. The van der Waals surface area contributed by atoms with Gasteiger partial charge in [-0.3, -0.25) is 4.79 Å². The quantitative estimate of drug-likeness (QED) is 0.941. The summed E-state index contributed by atoms with van der Waals surface area (Å²) in [5, 5.41) is 11.5. The van der Waals surface area contributed by atoms with E-state index in [4.69, 9.17) is 0 Å². The Morgan fingerprint density at radius 3 is 2.58 bits per heavy atom. The van der Waals surface area contributed by atoms with E-state index in [1.165, 1.54) is 12.1 Å². The molecule has 24 heavy (non-hydrogen) atoms. The standard InChI is InChI=1S/C18H21FN4O/c1-12-3-5-14(19)11-16(12)18(24)23-9-7-15(8-10-23)20-17-6-4-13(2)21-22-17/h3-6,11,15H,7-10H2,1-2H3,(H,20,22). The van der Waals surface area contributed by atoms with Gasteiger partial charge in [-0.15, -0.1) is 5.10 Å². The van der Waals surface area contributed by atoms with E-state index >= 15 is 0 Å². The Morgan fingerprint density at radius 1 is 1.17 bits per heavy atom. The van der Waals surface area contributed by atoms with Crippen LogP contribution >= 0.6 is 0 Å². The van der Waals surface area contributed by atoms with Gasteiger partial charge in [0.25, 0.3) is 5.91 Å². The lowest BCUT2D eigenvalue weighted by molar-refractivity contribution is 0.0717. The molecular formula is C18H21FN4O. The molecule has 5 nitrogen and oxygen atoms in total. The van der Waals surface area contributed by atoms with Crippen LogP contribution in [0.1, 0.15) is 34.5 Å². The fourth-order valence-electron chi connectivity index (χ4n) is 2.91. The Labute approximate surface area is 140 Å². The average Bonchev–Trinajstić information content (AvgIpc) is 2.59. The number of nitrogens with zero attached hydrogens (tertiary/aromatic N) is 3. The zero-order valence-electron chi connectivity index (χ0n) is 13.9. The molecule has 1 N–H and O–H groups in total. The summed E-state index contributed by atoms with van der Waals surface area (Å²) in [4.78, 5) is 14.4. The fraction of sp³-hybridized carbons (Fsp3) is 0.389. The van der Waals surface area contributed by atoms with Crippen LogP contribution in [0.3, 0.4) is 0 Å². The van der Waals surface area contributed by atoms with Crippen LogP contribution in [-0.2, 0) is 0 Å². The fourth-order valence-corrected chi connectivity index (χ4v) is 2.91. The number of likely N-dealkylation sites (tertiary alicyclic amines) is 1. The maximum atomic E-state index is 13.4. The van der Waals surface area contributed by atoms with E-state index < -0.39 is 0 Å². The van der Waals surface area contributed by atoms with Crippen molar-refractivity contribution in [2.75, 3.05) is 18.4 Å². The Kier molecular flexibility index (Phi) is 4.74. The van der Waals surface area contributed by atoms with Crippen LogP contribution in [0, 0.1) is 19.7 Å². The molecule has 2 aromatic rings.